The summed E-state index contributed by atoms with van der Waals surface area (Å²) in [6.07, 6.45) is 1.90. The number of morpholine rings is 1. The third-order valence-corrected chi connectivity index (χ3v) is 3.71. The van der Waals surface area contributed by atoms with Crippen molar-refractivity contribution in [2.75, 3.05) is 25.1 Å². The molecular weight excluding hydrogens is 330 g/mol. The number of nitrogens with zero attached hydrogens (tertiary/aromatic N) is 1. The Hall–Kier alpha value is -2.15. The second kappa shape index (κ2) is 8.10. The fourth-order valence-corrected chi connectivity index (χ4v) is 2.45. The number of rotatable bonds is 5. The molecule has 1 aliphatic heterocycles. The van der Waals surface area contributed by atoms with Crippen LogP contribution in [0.15, 0.2) is 42.6 Å². The number of carbonyl (C=O) groups excluding carboxylic acids is 1. The van der Waals surface area contributed by atoms with E-state index in [0.717, 1.165) is 6.54 Å². The van der Waals surface area contributed by atoms with Crippen LogP contribution in [0.3, 0.4) is 0 Å². The number of pyridine rings is 1. The molecule has 0 bridgehead atoms. The molecule has 2 aromatic rings. The summed E-state index contributed by atoms with van der Waals surface area (Å²) in [6, 6.07) is 10.6. The van der Waals surface area contributed by atoms with E-state index in [-0.39, 0.29) is 11.9 Å². The number of hydrogen-bond acceptors (Lipinski definition) is 5. The lowest BCUT2D eigenvalue weighted by Crippen LogP contribution is -2.43. The topological polar surface area (TPSA) is 72.5 Å². The minimum absolute atomic E-state index is 0.0500. The molecule has 1 saturated heterocycles. The van der Waals surface area contributed by atoms with Crippen molar-refractivity contribution in [3.05, 3.63) is 47.6 Å². The highest BCUT2D eigenvalue weighted by Crippen LogP contribution is 2.22. The molecule has 1 unspecified atom stereocenters. The maximum atomic E-state index is 12.0. The van der Waals surface area contributed by atoms with Gasteiger partial charge in [-0.3, -0.25) is 4.79 Å². The lowest BCUT2D eigenvalue weighted by atomic mass is 10.2. The molecule has 1 amide bonds. The highest BCUT2D eigenvalue weighted by Gasteiger charge is 2.16. The lowest BCUT2D eigenvalue weighted by Gasteiger charge is -2.23. The molecule has 1 fully saturated rings. The molecule has 2 heterocycles. The molecule has 126 valence electrons. The largest absolute Gasteiger partial charge is 0.439 e. The van der Waals surface area contributed by atoms with Crippen molar-refractivity contribution in [2.24, 2.45) is 0 Å². The Morgan fingerprint density at radius 1 is 1.33 bits per heavy atom. The van der Waals surface area contributed by atoms with Crippen molar-refractivity contribution in [3.8, 4) is 11.6 Å². The van der Waals surface area contributed by atoms with Crippen LogP contribution in [-0.2, 0) is 9.53 Å². The summed E-state index contributed by atoms with van der Waals surface area (Å²) in [7, 11) is 0. The van der Waals surface area contributed by atoms with E-state index in [0.29, 0.717) is 42.0 Å². The van der Waals surface area contributed by atoms with Crippen molar-refractivity contribution in [1.29, 1.82) is 0 Å². The van der Waals surface area contributed by atoms with Crippen molar-refractivity contribution < 1.29 is 14.3 Å². The van der Waals surface area contributed by atoms with Crippen molar-refractivity contribution in [2.45, 2.75) is 12.5 Å². The Morgan fingerprint density at radius 3 is 2.83 bits per heavy atom. The van der Waals surface area contributed by atoms with E-state index < -0.39 is 0 Å². The zero-order valence-electron chi connectivity index (χ0n) is 13.0. The van der Waals surface area contributed by atoms with Crippen LogP contribution in [-0.4, -0.2) is 36.7 Å². The highest BCUT2D eigenvalue weighted by molar-refractivity contribution is 6.30. The Morgan fingerprint density at radius 2 is 2.17 bits per heavy atom. The molecule has 24 heavy (non-hydrogen) atoms. The minimum atomic E-state index is -0.0500. The molecule has 0 spiro atoms. The van der Waals surface area contributed by atoms with Crippen LogP contribution in [0.1, 0.15) is 6.42 Å². The molecule has 0 aliphatic carbocycles. The molecule has 1 aromatic heterocycles. The van der Waals surface area contributed by atoms with Crippen molar-refractivity contribution in [1.82, 2.24) is 10.3 Å². The first-order chi connectivity index (χ1) is 11.7. The standard InChI is InChI=1S/C17H18ClN3O3/c18-12-1-6-17(20-10-12)24-15-4-2-13(3-5-15)21-16(22)9-14-11-23-8-7-19-14/h1-6,10,14,19H,7-9,11H2,(H,21,22). The zero-order valence-corrected chi connectivity index (χ0v) is 13.8. The van der Waals surface area contributed by atoms with E-state index in [2.05, 4.69) is 15.6 Å². The van der Waals surface area contributed by atoms with Gasteiger partial charge in [0.25, 0.3) is 0 Å². The first-order valence-corrected chi connectivity index (χ1v) is 8.07. The number of amides is 1. The van der Waals surface area contributed by atoms with Crippen molar-refractivity contribution in [3.63, 3.8) is 0 Å². The van der Waals surface area contributed by atoms with E-state index in [1.54, 1.807) is 36.4 Å². The van der Waals surface area contributed by atoms with Crippen LogP contribution in [0.5, 0.6) is 11.6 Å². The summed E-state index contributed by atoms with van der Waals surface area (Å²) in [4.78, 5) is 16.1. The Labute approximate surface area is 145 Å². The second-order valence-corrected chi connectivity index (χ2v) is 5.86. The fraction of sp³-hybridized carbons (Fsp3) is 0.294. The average Bonchev–Trinajstić information content (AvgIpc) is 2.59. The molecule has 1 aromatic carbocycles. The van der Waals surface area contributed by atoms with E-state index in [1.165, 1.54) is 6.20 Å². The van der Waals surface area contributed by atoms with Crippen LogP contribution >= 0.6 is 11.6 Å². The Bertz CT molecular complexity index is 670. The summed E-state index contributed by atoms with van der Waals surface area (Å²) >= 11 is 5.78. The van der Waals surface area contributed by atoms with Crippen LogP contribution in [0.25, 0.3) is 0 Å². The van der Waals surface area contributed by atoms with Gasteiger partial charge >= 0.3 is 0 Å². The quantitative estimate of drug-likeness (QED) is 0.870. The molecule has 0 radical (unpaired) electrons. The molecule has 0 saturated carbocycles. The third kappa shape index (κ3) is 4.92. The summed E-state index contributed by atoms with van der Waals surface area (Å²) in [5.74, 6) is 1.04. The van der Waals surface area contributed by atoms with Crippen LogP contribution in [0.2, 0.25) is 5.02 Å². The number of ether oxygens (including phenoxy) is 2. The van der Waals surface area contributed by atoms with Gasteiger partial charge in [-0.1, -0.05) is 11.6 Å². The summed E-state index contributed by atoms with van der Waals surface area (Å²) in [5.41, 5.74) is 0.716. The SMILES string of the molecule is O=C(CC1COCCN1)Nc1ccc(Oc2ccc(Cl)cn2)cc1. The molecular formula is C17H18ClN3O3. The Kier molecular flexibility index (Phi) is 5.63. The van der Waals surface area contributed by atoms with Gasteiger partial charge in [0, 0.05) is 37.0 Å². The fourth-order valence-electron chi connectivity index (χ4n) is 2.34. The molecule has 1 atom stereocenters. The predicted octanol–water partition coefficient (Wildman–Crippen LogP) is 2.84. The zero-order chi connectivity index (χ0) is 16.8. The van der Waals surface area contributed by atoms with E-state index in [4.69, 9.17) is 21.1 Å². The summed E-state index contributed by atoms with van der Waals surface area (Å²) < 4.78 is 10.9. The molecule has 3 rings (SSSR count). The van der Waals surface area contributed by atoms with Gasteiger partial charge in [-0.05, 0) is 30.3 Å². The van der Waals surface area contributed by atoms with E-state index >= 15 is 0 Å². The number of carbonyl (C=O) groups is 1. The summed E-state index contributed by atoms with van der Waals surface area (Å²) in [5, 5.41) is 6.67. The summed E-state index contributed by atoms with van der Waals surface area (Å²) in [6.45, 7) is 2.04. The van der Waals surface area contributed by atoms with Gasteiger partial charge < -0.3 is 20.1 Å². The second-order valence-electron chi connectivity index (χ2n) is 5.42. The molecule has 7 heteroatoms. The number of halogens is 1. The molecule has 1 aliphatic rings. The first-order valence-electron chi connectivity index (χ1n) is 7.69. The minimum Gasteiger partial charge on any atom is -0.439 e. The first kappa shape index (κ1) is 16.7. The van der Waals surface area contributed by atoms with Crippen molar-refractivity contribution >= 4 is 23.2 Å². The number of hydrogen-bond donors (Lipinski definition) is 2. The Balaban J connectivity index is 1.52. The van der Waals surface area contributed by atoms with Gasteiger partial charge in [0.15, 0.2) is 0 Å². The maximum absolute atomic E-state index is 12.0. The van der Waals surface area contributed by atoms with Gasteiger partial charge in [0.2, 0.25) is 11.8 Å². The van der Waals surface area contributed by atoms with Gasteiger partial charge in [-0.2, -0.15) is 0 Å². The highest BCUT2D eigenvalue weighted by atomic mass is 35.5. The van der Waals surface area contributed by atoms with Gasteiger partial charge in [-0.25, -0.2) is 4.98 Å². The molecule has 2 N–H and O–H groups in total. The van der Waals surface area contributed by atoms with E-state index in [1.807, 2.05) is 0 Å². The van der Waals surface area contributed by atoms with Crippen LogP contribution < -0.4 is 15.4 Å². The van der Waals surface area contributed by atoms with Gasteiger partial charge in [-0.15, -0.1) is 0 Å². The number of benzene rings is 1. The number of aromatic nitrogens is 1. The van der Waals surface area contributed by atoms with E-state index in [9.17, 15) is 4.79 Å². The third-order valence-electron chi connectivity index (χ3n) is 3.49. The predicted molar refractivity (Wildman–Crippen MR) is 91.6 cm³/mol. The lowest BCUT2D eigenvalue weighted by molar-refractivity contribution is -0.117. The van der Waals surface area contributed by atoms with Gasteiger partial charge in [0.1, 0.15) is 5.75 Å². The van der Waals surface area contributed by atoms with Crippen LogP contribution in [0.4, 0.5) is 5.69 Å². The van der Waals surface area contributed by atoms with Gasteiger partial charge in [0.05, 0.1) is 18.2 Å². The molecule has 6 nitrogen and oxygen atoms in total. The number of nitrogens with one attached hydrogen (secondary N) is 2. The monoisotopic (exact) mass is 347 g/mol. The smallest absolute Gasteiger partial charge is 0.226 e. The maximum Gasteiger partial charge on any atom is 0.226 e. The average molecular weight is 348 g/mol. The number of anilines is 1. The van der Waals surface area contributed by atoms with Crippen LogP contribution in [0, 0.1) is 0 Å². The normalized spacial score (nSPS) is 17.3.